The summed E-state index contributed by atoms with van der Waals surface area (Å²) in [7, 11) is 0. The Morgan fingerprint density at radius 3 is 1.64 bits per heavy atom. The molecule has 238 valence electrons. The molecule has 0 heterocycles. The van der Waals surface area contributed by atoms with Crippen molar-refractivity contribution in [2.45, 2.75) is 68.2 Å². The molecule has 2 aromatic rings. The molecule has 0 heteroatoms. The Balaban J connectivity index is 1.51. The van der Waals surface area contributed by atoms with Crippen molar-refractivity contribution in [3.8, 4) is 0 Å². The summed E-state index contributed by atoms with van der Waals surface area (Å²) in [5.74, 6) is 0. The zero-order valence-electron chi connectivity index (χ0n) is 29.6. The van der Waals surface area contributed by atoms with Gasteiger partial charge in [0.1, 0.15) is 0 Å². The molecule has 0 N–H and O–H groups in total. The Morgan fingerprint density at radius 2 is 1.11 bits per heavy atom. The molecule has 2 saturated carbocycles. The lowest BCUT2D eigenvalue weighted by molar-refractivity contribution is -0.261. The third-order valence-electron chi connectivity index (χ3n) is 15.9. The molecule has 0 radical (unpaired) electrons. The van der Waals surface area contributed by atoms with Gasteiger partial charge in [0.15, 0.2) is 0 Å². The molecule has 0 bridgehead atoms. The van der Waals surface area contributed by atoms with Crippen molar-refractivity contribution in [1.82, 2.24) is 0 Å². The second-order valence-corrected chi connectivity index (χ2v) is 16.5. The topological polar surface area (TPSA) is 0 Å². The van der Waals surface area contributed by atoms with E-state index in [0.29, 0.717) is 0 Å². The van der Waals surface area contributed by atoms with E-state index in [1.807, 2.05) is 0 Å². The molecule has 0 spiro atoms. The van der Waals surface area contributed by atoms with E-state index in [1.165, 1.54) is 39.0 Å². The van der Waals surface area contributed by atoms with E-state index < -0.39 is 0 Å². The second-order valence-electron chi connectivity index (χ2n) is 16.5. The fourth-order valence-electron chi connectivity index (χ4n) is 12.4. The van der Waals surface area contributed by atoms with E-state index in [9.17, 15) is 0 Å². The molecule has 7 unspecified atom stereocenters. The Morgan fingerprint density at radius 1 is 0.596 bits per heavy atom. The zero-order chi connectivity index (χ0) is 33.1. The fraction of sp³-hybridized carbons (Fsp3) is 0.362. The van der Waals surface area contributed by atoms with E-state index in [-0.39, 0.29) is 37.9 Å². The lowest BCUT2D eigenvalue weighted by atomic mass is 9.24. The summed E-state index contributed by atoms with van der Waals surface area (Å²) < 4.78 is 0. The molecule has 0 saturated heterocycles. The van der Waals surface area contributed by atoms with Gasteiger partial charge in [-0.25, -0.2) is 0 Å². The lowest BCUT2D eigenvalue weighted by Crippen LogP contribution is -2.74. The maximum atomic E-state index is 2.69. The first-order valence-corrected chi connectivity index (χ1v) is 17.7. The SMILES string of the molecule is CC1=C(C2=CC=CC2)C(=C(c2ccccc2)c2ccccc2)C=C2CC3(C)C4(C)C=CC=CC4(C)C4(C)C=CC=CC4(C)C3(C)C21C. The van der Waals surface area contributed by atoms with Gasteiger partial charge in [-0.3, -0.25) is 0 Å². The number of rotatable bonds is 3. The van der Waals surface area contributed by atoms with Gasteiger partial charge in [0, 0.05) is 27.1 Å². The van der Waals surface area contributed by atoms with Crippen molar-refractivity contribution in [1.29, 1.82) is 0 Å². The van der Waals surface area contributed by atoms with Crippen LogP contribution in [0.4, 0.5) is 0 Å². The van der Waals surface area contributed by atoms with Gasteiger partial charge in [-0.05, 0) is 64.0 Å². The largest absolute Gasteiger partial charge is 0.0801 e. The molecule has 2 aromatic carbocycles. The van der Waals surface area contributed by atoms with Gasteiger partial charge in [0.2, 0.25) is 0 Å². The summed E-state index contributed by atoms with van der Waals surface area (Å²) in [5, 5.41) is 0. The highest BCUT2D eigenvalue weighted by molar-refractivity contribution is 5.89. The van der Waals surface area contributed by atoms with E-state index in [4.69, 9.17) is 0 Å². The highest BCUT2D eigenvalue weighted by Crippen LogP contribution is 2.90. The highest BCUT2D eigenvalue weighted by atomic mass is 14.9. The van der Waals surface area contributed by atoms with Gasteiger partial charge < -0.3 is 0 Å². The summed E-state index contributed by atoms with van der Waals surface area (Å²) in [6.07, 6.45) is 31.4. The van der Waals surface area contributed by atoms with E-state index in [0.717, 1.165) is 12.8 Å². The third kappa shape index (κ3) is 3.22. The molecular formula is C47H50. The predicted molar refractivity (Wildman–Crippen MR) is 199 cm³/mol. The third-order valence-corrected chi connectivity index (χ3v) is 15.9. The van der Waals surface area contributed by atoms with E-state index in [2.05, 4.69) is 189 Å². The number of hydrogen-bond acceptors (Lipinski definition) is 0. The minimum Gasteiger partial charge on any atom is -0.0801 e. The van der Waals surface area contributed by atoms with Crippen LogP contribution in [0.5, 0.6) is 0 Å². The number of benzene rings is 2. The molecule has 0 nitrogen and oxygen atoms in total. The Labute approximate surface area is 283 Å². The molecule has 6 aliphatic carbocycles. The van der Waals surface area contributed by atoms with Crippen LogP contribution in [0, 0.1) is 37.9 Å². The second kappa shape index (κ2) is 9.59. The van der Waals surface area contributed by atoms with Crippen molar-refractivity contribution >= 4 is 5.57 Å². The summed E-state index contributed by atoms with van der Waals surface area (Å²) in [6, 6.07) is 22.2. The summed E-state index contributed by atoms with van der Waals surface area (Å²) in [5.41, 5.74) is 10.6. The van der Waals surface area contributed by atoms with Crippen LogP contribution >= 0.6 is 0 Å². The van der Waals surface area contributed by atoms with Crippen LogP contribution in [0.2, 0.25) is 0 Å². The first-order valence-electron chi connectivity index (χ1n) is 17.7. The van der Waals surface area contributed by atoms with Crippen LogP contribution in [-0.2, 0) is 0 Å². The molecule has 0 amide bonds. The van der Waals surface area contributed by atoms with Crippen LogP contribution in [0.1, 0.15) is 79.4 Å². The summed E-state index contributed by atoms with van der Waals surface area (Å²) in [6.45, 7) is 20.9. The molecular weight excluding hydrogens is 565 g/mol. The van der Waals surface area contributed by atoms with Crippen LogP contribution in [-0.4, -0.2) is 0 Å². The molecule has 2 fully saturated rings. The minimum atomic E-state index is -0.159. The maximum Gasteiger partial charge on any atom is 0.0170 e. The average molecular weight is 615 g/mol. The number of allylic oxidation sites excluding steroid dienone is 17. The van der Waals surface area contributed by atoms with Gasteiger partial charge >= 0.3 is 0 Å². The van der Waals surface area contributed by atoms with Gasteiger partial charge in [0.05, 0.1) is 0 Å². The molecule has 47 heavy (non-hydrogen) atoms. The monoisotopic (exact) mass is 614 g/mol. The first-order chi connectivity index (χ1) is 22.3. The van der Waals surface area contributed by atoms with Crippen LogP contribution in [0.15, 0.2) is 161 Å². The van der Waals surface area contributed by atoms with Gasteiger partial charge in [-0.15, -0.1) is 0 Å². The standard InChI is InChI=1S/C47H50/c1-33-39(34-25-15-16-26-34)38(40(35-21-11-9-12-22-35)36-23-13-10-14-24-36)31-37-32-45(6)43(4)29-18-17-27-41(43,2)42(3)28-19-20-30-44(42,5)47(45,8)46(33,37)7/h9-25,27-31H,26,32H2,1-8H3. The fourth-order valence-corrected chi connectivity index (χ4v) is 12.4. The van der Waals surface area contributed by atoms with Crippen LogP contribution in [0.25, 0.3) is 5.57 Å². The zero-order valence-corrected chi connectivity index (χ0v) is 29.6. The van der Waals surface area contributed by atoms with Crippen LogP contribution in [0.3, 0.4) is 0 Å². The minimum absolute atomic E-state index is 0.0375. The van der Waals surface area contributed by atoms with E-state index >= 15 is 0 Å². The van der Waals surface area contributed by atoms with Gasteiger partial charge in [0.25, 0.3) is 0 Å². The Kier molecular flexibility index (Phi) is 6.21. The van der Waals surface area contributed by atoms with E-state index in [1.54, 1.807) is 5.57 Å². The smallest absolute Gasteiger partial charge is 0.0170 e. The van der Waals surface area contributed by atoms with Crippen molar-refractivity contribution < 1.29 is 0 Å². The number of hydrogen-bond donors (Lipinski definition) is 0. The summed E-state index contributed by atoms with van der Waals surface area (Å²) in [4.78, 5) is 0. The summed E-state index contributed by atoms with van der Waals surface area (Å²) >= 11 is 0. The molecule has 6 aliphatic rings. The quantitative estimate of drug-likeness (QED) is 0.323. The molecule has 8 rings (SSSR count). The molecule has 0 aliphatic heterocycles. The molecule has 7 atom stereocenters. The van der Waals surface area contributed by atoms with Crippen molar-refractivity contribution in [3.05, 3.63) is 173 Å². The van der Waals surface area contributed by atoms with Crippen molar-refractivity contribution in [2.75, 3.05) is 0 Å². The van der Waals surface area contributed by atoms with Crippen LogP contribution < -0.4 is 0 Å². The predicted octanol–water partition coefficient (Wildman–Crippen LogP) is 12.3. The molecule has 0 aromatic heterocycles. The average Bonchev–Trinajstić information content (AvgIpc) is 3.67. The van der Waals surface area contributed by atoms with Gasteiger partial charge in [-0.1, -0.05) is 193 Å². The Bertz CT molecular complexity index is 1930. The number of fused-ring (bicyclic) bond motifs is 8. The van der Waals surface area contributed by atoms with Crippen molar-refractivity contribution in [2.24, 2.45) is 37.9 Å². The lowest BCUT2D eigenvalue weighted by Gasteiger charge is -2.79. The highest BCUT2D eigenvalue weighted by Gasteiger charge is 2.84. The van der Waals surface area contributed by atoms with Gasteiger partial charge in [-0.2, -0.15) is 0 Å². The normalized spacial score (nSPS) is 40.9. The first kappa shape index (κ1) is 30.4. The Hall–Kier alpha value is -3.90. The van der Waals surface area contributed by atoms with Crippen molar-refractivity contribution in [3.63, 3.8) is 0 Å². The maximum absolute atomic E-state index is 2.69.